The number of carboxylic acids is 1. The molecule has 126 valence electrons. The van der Waals surface area contributed by atoms with Gasteiger partial charge in [-0.2, -0.15) is 0 Å². The van der Waals surface area contributed by atoms with Gasteiger partial charge in [-0.1, -0.05) is 12.1 Å². The average molecular weight is 400 g/mol. The van der Waals surface area contributed by atoms with Crippen molar-refractivity contribution in [2.24, 2.45) is 0 Å². The predicted octanol–water partition coefficient (Wildman–Crippen LogP) is 4.18. The van der Waals surface area contributed by atoms with Crippen LogP contribution in [-0.2, 0) is 9.59 Å². The number of carbonyl (C=O) groups excluding carboxylic acids is 1. The van der Waals surface area contributed by atoms with Gasteiger partial charge >= 0.3 is 5.97 Å². The smallest absolute Gasteiger partial charge is 0.303 e. The second kappa shape index (κ2) is 10.5. The Kier molecular flexibility index (Phi) is 8.29. The molecule has 0 aliphatic carbocycles. The van der Waals surface area contributed by atoms with Crippen LogP contribution >= 0.6 is 43.5 Å². The maximum absolute atomic E-state index is 12.2. The highest BCUT2D eigenvalue weighted by atomic mass is 33.1. The van der Waals surface area contributed by atoms with Crippen molar-refractivity contribution < 1.29 is 14.7 Å². The van der Waals surface area contributed by atoms with E-state index in [4.69, 9.17) is 5.11 Å². The Morgan fingerprint density at radius 2 is 1.46 bits per heavy atom. The van der Waals surface area contributed by atoms with Crippen LogP contribution in [-0.4, -0.2) is 30.7 Å². The van der Waals surface area contributed by atoms with Crippen molar-refractivity contribution >= 4 is 55.4 Å². The Balaban J connectivity index is 1.94. The minimum Gasteiger partial charge on any atom is -0.481 e. The lowest BCUT2D eigenvalue weighted by molar-refractivity contribution is -0.139. The molecule has 0 aromatic carbocycles. The van der Waals surface area contributed by atoms with E-state index >= 15 is 0 Å². The van der Waals surface area contributed by atoms with Crippen LogP contribution in [0.4, 0.5) is 0 Å². The summed E-state index contributed by atoms with van der Waals surface area (Å²) in [6.45, 7) is 0. The van der Waals surface area contributed by atoms with Crippen LogP contribution in [0.1, 0.15) is 12.8 Å². The average Bonchev–Trinajstić information content (AvgIpc) is 2.61. The van der Waals surface area contributed by atoms with Crippen LogP contribution in [0.15, 0.2) is 58.8 Å². The molecular formula is C14H13N3O3S4. The fourth-order valence-corrected chi connectivity index (χ4v) is 5.95. The van der Waals surface area contributed by atoms with Crippen molar-refractivity contribution in [2.45, 2.75) is 22.9 Å². The molecule has 0 saturated carbocycles. The summed E-state index contributed by atoms with van der Waals surface area (Å²) in [7, 11) is 5.10. The molecule has 2 rings (SSSR count). The van der Waals surface area contributed by atoms with Gasteiger partial charge in [-0.15, -0.1) is 0 Å². The maximum atomic E-state index is 12.2. The Labute approximate surface area is 155 Å². The molecule has 0 radical (unpaired) electrons. The monoisotopic (exact) mass is 399 g/mol. The molecule has 2 aromatic heterocycles. The zero-order valence-electron chi connectivity index (χ0n) is 12.3. The van der Waals surface area contributed by atoms with Crippen molar-refractivity contribution in [1.29, 1.82) is 0 Å². The molecule has 24 heavy (non-hydrogen) atoms. The van der Waals surface area contributed by atoms with Gasteiger partial charge in [0, 0.05) is 40.8 Å². The molecule has 0 bridgehead atoms. The molecule has 6 nitrogen and oxygen atoms in total. The van der Waals surface area contributed by atoms with Crippen LogP contribution in [0.3, 0.4) is 0 Å². The topological polar surface area (TPSA) is 83.4 Å². The highest BCUT2D eigenvalue weighted by Crippen LogP contribution is 2.43. The van der Waals surface area contributed by atoms with Gasteiger partial charge in [0.15, 0.2) is 0 Å². The number of rotatable bonds is 9. The lowest BCUT2D eigenvalue weighted by Crippen LogP contribution is -2.16. The number of carboxylic acid groups (broad SMARTS) is 1. The van der Waals surface area contributed by atoms with Gasteiger partial charge in [-0.05, 0) is 45.9 Å². The molecular weight excluding hydrogens is 386 g/mol. The van der Waals surface area contributed by atoms with E-state index in [-0.39, 0.29) is 18.7 Å². The molecule has 1 N–H and O–H groups in total. The first-order chi connectivity index (χ1) is 11.6. The molecule has 0 aliphatic rings. The minimum absolute atomic E-state index is 0.0547. The summed E-state index contributed by atoms with van der Waals surface area (Å²) in [5.74, 6) is -1.26. The fourth-order valence-electron chi connectivity index (χ4n) is 1.34. The summed E-state index contributed by atoms with van der Waals surface area (Å²) in [5, 5.41) is 10.3. The Hall–Kier alpha value is -1.36. The summed E-state index contributed by atoms with van der Waals surface area (Å²) in [6, 6.07) is 11.0. The molecule has 0 saturated heterocycles. The summed E-state index contributed by atoms with van der Waals surface area (Å²) >= 11 is 0. The second-order valence-electron chi connectivity index (χ2n) is 4.20. The van der Waals surface area contributed by atoms with Crippen LogP contribution in [0.25, 0.3) is 0 Å². The van der Waals surface area contributed by atoms with Crippen molar-refractivity contribution in [1.82, 2.24) is 13.7 Å². The van der Waals surface area contributed by atoms with E-state index in [9.17, 15) is 9.59 Å². The molecule has 0 fully saturated rings. The second-order valence-corrected chi connectivity index (χ2v) is 8.52. The Morgan fingerprint density at radius 3 is 1.88 bits per heavy atom. The third-order valence-electron chi connectivity index (χ3n) is 2.41. The Morgan fingerprint density at radius 1 is 0.917 bits per heavy atom. The first kappa shape index (κ1) is 19.0. The standard InChI is InChI=1S/C14H13N3O3S4/c18-13(7-8-14(19)20)17(23-21-11-5-1-3-9-15-11)24-22-12-6-2-4-10-16-12/h1-6,9-10H,7-8H2,(H,19,20). The summed E-state index contributed by atoms with van der Waals surface area (Å²) < 4.78 is 1.46. The molecule has 10 heteroatoms. The van der Waals surface area contributed by atoms with Gasteiger partial charge in [-0.25, -0.2) is 13.7 Å². The zero-order chi connectivity index (χ0) is 17.2. The van der Waals surface area contributed by atoms with Crippen LogP contribution in [0.5, 0.6) is 0 Å². The Bertz CT molecular complexity index is 617. The van der Waals surface area contributed by atoms with Gasteiger partial charge in [0.1, 0.15) is 10.1 Å². The first-order valence-electron chi connectivity index (χ1n) is 6.71. The van der Waals surface area contributed by atoms with Gasteiger partial charge in [0.25, 0.3) is 0 Å². The van der Waals surface area contributed by atoms with E-state index in [1.165, 1.54) is 47.3 Å². The summed E-state index contributed by atoms with van der Waals surface area (Å²) in [4.78, 5) is 31.3. The molecule has 2 heterocycles. The number of hydrogen-bond donors (Lipinski definition) is 1. The van der Waals surface area contributed by atoms with E-state index in [1.54, 1.807) is 12.4 Å². The SMILES string of the molecule is O=C(O)CCC(=O)N(SSc1ccccn1)SSc1ccccn1. The quantitative estimate of drug-likeness (QED) is 0.493. The molecule has 0 spiro atoms. The van der Waals surface area contributed by atoms with E-state index in [2.05, 4.69) is 9.97 Å². The summed E-state index contributed by atoms with van der Waals surface area (Å²) in [6.07, 6.45) is 3.10. The van der Waals surface area contributed by atoms with Crippen LogP contribution in [0, 0.1) is 0 Å². The number of pyridine rings is 2. The van der Waals surface area contributed by atoms with Crippen LogP contribution in [0.2, 0.25) is 0 Å². The zero-order valence-corrected chi connectivity index (χ0v) is 15.5. The largest absolute Gasteiger partial charge is 0.481 e. The predicted molar refractivity (Wildman–Crippen MR) is 99.1 cm³/mol. The first-order valence-corrected chi connectivity index (χ1v) is 10.9. The minimum atomic E-state index is -0.993. The van der Waals surface area contributed by atoms with E-state index in [0.717, 1.165) is 10.1 Å². The van der Waals surface area contributed by atoms with Crippen LogP contribution < -0.4 is 0 Å². The van der Waals surface area contributed by atoms with Gasteiger partial charge < -0.3 is 5.11 Å². The molecule has 0 atom stereocenters. The lowest BCUT2D eigenvalue weighted by atomic mass is 10.3. The highest BCUT2D eigenvalue weighted by molar-refractivity contribution is 8.83. The van der Waals surface area contributed by atoms with E-state index in [0.29, 0.717) is 0 Å². The lowest BCUT2D eigenvalue weighted by Gasteiger charge is -2.17. The van der Waals surface area contributed by atoms with E-state index in [1.807, 2.05) is 36.4 Å². The number of carbonyl (C=O) groups is 2. The fraction of sp³-hybridized carbons (Fsp3) is 0.143. The van der Waals surface area contributed by atoms with Crippen molar-refractivity contribution in [3.05, 3.63) is 48.8 Å². The van der Waals surface area contributed by atoms with E-state index < -0.39 is 5.97 Å². The molecule has 1 amide bonds. The van der Waals surface area contributed by atoms with Gasteiger partial charge in [-0.3, -0.25) is 9.59 Å². The number of hydrogen-bond acceptors (Lipinski definition) is 8. The number of aliphatic carboxylic acids is 1. The molecule has 0 aliphatic heterocycles. The maximum Gasteiger partial charge on any atom is 0.303 e. The van der Waals surface area contributed by atoms with Gasteiger partial charge in [0.05, 0.1) is 6.42 Å². The molecule has 2 aromatic rings. The number of amides is 1. The van der Waals surface area contributed by atoms with Crippen molar-refractivity contribution in [2.75, 3.05) is 0 Å². The number of aromatic nitrogens is 2. The third kappa shape index (κ3) is 7.04. The normalized spacial score (nSPS) is 10.3. The molecule has 0 unspecified atom stereocenters. The van der Waals surface area contributed by atoms with Gasteiger partial charge in [0.2, 0.25) is 5.91 Å². The third-order valence-corrected chi connectivity index (χ3v) is 7.44. The summed E-state index contributed by atoms with van der Waals surface area (Å²) in [5.41, 5.74) is 0. The highest BCUT2D eigenvalue weighted by Gasteiger charge is 2.19. The number of nitrogens with zero attached hydrogens (tertiary/aromatic N) is 3. The van der Waals surface area contributed by atoms with Crippen molar-refractivity contribution in [3.63, 3.8) is 0 Å². The van der Waals surface area contributed by atoms with Crippen molar-refractivity contribution in [3.8, 4) is 0 Å².